The van der Waals surface area contributed by atoms with Crippen LogP contribution in [0.2, 0.25) is 0 Å². The Bertz CT molecular complexity index is 562. The Morgan fingerprint density at radius 2 is 2.04 bits per heavy atom. The highest BCUT2D eigenvalue weighted by Gasteiger charge is 2.29. The predicted molar refractivity (Wildman–Crippen MR) is 103 cm³/mol. The fourth-order valence-corrected chi connectivity index (χ4v) is 4.06. The second kappa shape index (κ2) is 8.68. The number of benzene rings is 1. The Kier molecular flexibility index (Phi) is 6.32. The number of nitrogens with zero attached hydrogens (tertiary/aromatic N) is 3. The van der Waals surface area contributed by atoms with E-state index >= 15 is 0 Å². The average molecular weight is 345 g/mol. The molecule has 0 spiro atoms. The third-order valence-electron chi connectivity index (χ3n) is 5.47. The highest BCUT2D eigenvalue weighted by molar-refractivity contribution is 5.80. The molecule has 1 aromatic rings. The fraction of sp³-hybridized carbons (Fsp3) is 0.650. The fourth-order valence-electron chi connectivity index (χ4n) is 4.06. The lowest BCUT2D eigenvalue weighted by atomic mass is 9.82. The van der Waals surface area contributed by atoms with E-state index < -0.39 is 0 Å². The largest absolute Gasteiger partial charge is 0.374 e. The minimum Gasteiger partial charge on any atom is -0.374 e. The van der Waals surface area contributed by atoms with Crippen molar-refractivity contribution in [1.82, 2.24) is 15.1 Å². The Balaban J connectivity index is 1.53. The molecule has 1 N–H and O–H groups in total. The van der Waals surface area contributed by atoms with E-state index in [9.17, 15) is 0 Å². The average Bonchev–Trinajstić information content (AvgIpc) is 2.63. The highest BCUT2D eigenvalue weighted by atomic mass is 16.5. The van der Waals surface area contributed by atoms with Crippen LogP contribution < -0.4 is 5.32 Å². The lowest BCUT2D eigenvalue weighted by Crippen LogP contribution is -2.52. The standard InChI is InChI=1S/C20H32N4O/c1-16-14-24(10-9-19(16)17-7-5-4-6-8-17)20(21-2)22-13-18-15-23(3)11-12-25-18/h4-8,16,18-19H,9-15H2,1-3H3,(H,21,22). The van der Waals surface area contributed by atoms with Gasteiger partial charge in [0.25, 0.3) is 0 Å². The van der Waals surface area contributed by atoms with E-state index in [0.717, 1.165) is 45.3 Å². The maximum atomic E-state index is 5.85. The molecule has 3 rings (SSSR count). The zero-order valence-electron chi connectivity index (χ0n) is 15.8. The maximum absolute atomic E-state index is 5.85. The number of piperidine rings is 1. The van der Waals surface area contributed by atoms with E-state index in [1.165, 1.54) is 12.0 Å². The summed E-state index contributed by atoms with van der Waals surface area (Å²) in [5.74, 6) is 2.27. The van der Waals surface area contributed by atoms with E-state index in [1.807, 2.05) is 7.05 Å². The number of hydrogen-bond acceptors (Lipinski definition) is 3. The molecule has 25 heavy (non-hydrogen) atoms. The molecule has 0 amide bonds. The van der Waals surface area contributed by atoms with Crippen molar-refractivity contribution in [3.8, 4) is 0 Å². The summed E-state index contributed by atoms with van der Waals surface area (Å²) in [7, 11) is 4.03. The first-order valence-corrected chi connectivity index (χ1v) is 9.48. The molecular weight excluding hydrogens is 312 g/mol. The van der Waals surface area contributed by atoms with Crippen molar-refractivity contribution in [3.63, 3.8) is 0 Å². The summed E-state index contributed by atoms with van der Waals surface area (Å²) < 4.78 is 5.85. The normalized spacial score (nSPS) is 28.8. The zero-order valence-corrected chi connectivity index (χ0v) is 15.8. The molecule has 5 heteroatoms. The van der Waals surface area contributed by atoms with Crippen LogP contribution in [0.15, 0.2) is 35.3 Å². The Labute approximate surface area is 152 Å². The third-order valence-corrected chi connectivity index (χ3v) is 5.47. The number of likely N-dealkylation sites (N-methyl/N-ethyl adjacent to an activating group) is 1. The van der Waals surface area contributed by atoms with Gasteiger partial charge in [-0.3, -0.25) is 4.99 Å². The van der Waals surface area contributed by atoms with Gasteiger partial charge in [-0.05, 0) is 30.9 Å². The molecule has 3 atom stereocenters. The molecule has 0 bridgehead atoms. The van der Waals surface area contributed by atoms with Crippen LogP contribution in [0.4, 0.5) is 0 Å². The molecule has 2 fully saturated rings. The SMILES string of the molecule is CN=C(NCC1CN(C)CCO1)N1CCC(c2ccccc2)C(C)C1. The number of guanidine groups is 1. The van der Waals surface area contributed by atoms with Gasteiger partial charge < -0.3 is 19.9 Å². The van der Waals surface area contributed by atoms with E-state index in [4.69, 9.17) is 4.74 Å². The number of nitrogens with one attached hydrogen (secondary N) is 1. The van der Waals surface area contributed by atoms with Gasteiger partial charge in [0.05, 0.1) is 12.7 Å². The van der Waals surface area contributed by atoms with Gasteiger partial charge in [-0.15, -0.1) is 0 Å². The summed E-state index contributed by atoms with van der Waals surface area (Å²) in [5.41, 5.74) is 1.47. The molecule has 0 saturated carbocycles. The van der Waals surface area contributed by atoms with E-state index in [1.54, 1.807) is 0 Å². The second-order valence-corrected chi connectivity index (χ2v) is 7.41. The molecule has 0 aromatic heterocycles. The van der Waals surface area contributed by atoms with Crippen molar-refractivity contribution in [2.45, 2.75) is 25.4 Å². The van der Waals surface area contributed by atoms with Crippen LogP contribution in [0.5, 0.6) is 0 Å². The quantitative estimate of drug-likeness (QED) is 0.673. The number of morpholine rings is 1. The number of rotatable bonds is 3. The van der Waals surface area contributed by atoms with Crippen molar-refractivity contribution in [2.75, 3.05) is 53.4 Å². The number of likely N-dealkylation sites (tertiary alicyclic amines) is 1. The summed E-state index contributed by atoms with van der Waals surface area (Å²) in [6.07, 6.45) is 1.42. The minimum atomic E-state index is 0.245. The Morgan fingerprint density at radius 3 is 2.72 bits per heavy atom. The molecule has 2 saturated heterocycles. The van der Waals surface area contributed by atoms with Crippen LogP contribution >= 0.6 is 0 Å². The van der Waals surface area contributed by atoms with Crippen LogP contribution in [-0.4, -0.2) is 75.3 Å². The minimum absolute atomic E-state index is 0.245. The Hall–Kier alpha value is -1.59. The summed E-state index contributed by atoms with van der Waals surface area (Å²) in [6.45, 7) is 8.10. The smallest absolute Gasteiger partial charge is 0.193 e. The van der Waals surface area contributed by atoms with E-state index in [2.05, 4.69) is 64.4 Å². The lowest BCUT2D eigenvalue weighted by Gasteiger charge is -2.39. The van der Waals surface area contributed by atoms with Gasteiger partial charge in [0, 0.05) is 39.8 Å². The molecular formula is C20H32N4O. The third kappa shape index (κ3) is 4.73. The molecule has 138 valence electrons. The molecule has 3 unspecified atom stereocenters. The van der Waals surface area contributed by atoms with Gasteiger partial charge in [-0.2, -0.15) is 0 Å². The zero-order chi connectivity index (χ0) is 17.6. The summed E-state index contributed by atoms with van der Waals surface area (Å²) in [6, 6.07) is 10.9. The predicted octanol–water partition coefficient (Wildman–Crippen LogP) is 2.02. The molecule has 1 aromatic carbocycles. The van der Waals surface area contributed by atoms with Crippen molar-refractivity contribution < 1.29 is 4.74 Å². The van der Waals surface area contributed by atoms with Crippen molar-refractivity contribution in [3.05, 3.63) is 35.9 Å². The van der Waals surface area contributed by atoms with Gasteiger partial charge in [0.2, 0.25) is 0 Å². The van der Waals surface area contributed by atoms with Crippen LogP contribution in [0.25, 0.3) is 0 Å². The van der Waals surface area contributed by atoms with Gasteiger partial charge in [-0.1, -0.05) is 37.3 Å². The maximum Gasteiger partial charge on any atom is 0.193 e. The first-order valence-electron chi connectivity index (χ1n) is 9.48. The Morgan fingerprint density at radius 1 is 1.24 bits per heavy atom. The molecule has 5 nitrogen and oxygen atoms in total. The van der Waals surface area contributed by atoms with Crippen molar-refractivity contribution >= 4 is 5.96 Å². The molecule has 2 aliphatic heterocycles. The van der Waals surface area contributed by atoms with Gasteiger partial charge >= 0.3 is 0 Å². The second-order valence-electron chi connectivity index (χ2n) is 7.41. The monoisotopic (exact) mass is 344 g/mol. The van der Waals surface area contributed by atoms with Gasteiger partial charge in [0.1, 0.15) is 0 Å². The van der Waals surface area contributed by atoms with Crippen LogP contribution in [0, 0.1) is 5.92 Å². The van der Waals surface area contributed by atoms with Crippen LogP contribution in [0.3, 0.4) is 0 Å². The summed E-state index contributed by atoms with van der Waals surface area (Å²) in [5, 5.41) is 3.53. The van der Waals surface area contributed by atoms with E-state index in [0.29, 0.717) is 11.8 Å². The van der Waals surface area contributed by atoms with Crippen LogP contribution in [-0.2, 0) is 4.74 Å². The van der Waals surface area contributed by atoms with Gasteiger partial charge in [-0.25, -0.2) is 0 Å². The van der Waals surface area contributed by atoms with Crippen LogP contribution in [0.1, 0.15) is 24.8 Å². The number of ether oxygens (including phenoxy) is 1. The molecule has 2 heterocycles. The van der Waals surface area contributed by atoms with E-state index in [-0.39, 0.29) is 6.10 Å². The number of hydrogen-bond donors (Lipinski definition) is 1. The molecule has 0 aliphatic carbocycles. The molecule has 0 radical (unpaired) electrons. The number of aliphatic imine (C=N–C) groups is 1. The lowest BCUT2D eigenvalue weighted by molar-refractivity contribution is -0.0164. The van der Waals surface area contributed by atoms with Crippen molar-refractivity contribution in [1.29, 1.82) is 0 Å². The summed E-state index contributed by atoms with van der Waals surface area (Å²) >= 11 is 0. The molecule has 2 aliphatic rings. The summed E-state index contributed by atoms with van der Waals surface area (Å²) in [4.78, 5) is 9.23. The topological polar surface area (TPSA) is 40.1 Å². The van der Waals surface area contributed by atoms with Gasteiger partial charge in [0.15, 0.2) is 5.96 Å². The van der Waals surface area contributed by atoms with Crippen molar-refractivity contribution in [2.24, 2.45) is 10.9 Å². The first-order chi connectivity index (χ1) is 12.2. The first kappa shape index (κ1) is 18.2. The highest BCUT2D eigenvalue weighted by Crippen LogP contribution is 2.32.